The number of halogens is 4. The highest BCUT2D eigenvalue weighted by Crippen LogP contribution is 2.36. The van der Waals surface area contributed by atoms with Crippen molar-refractivity contribution in [1.29, 1.82) is 0 Å². The topological polar surface area (TPSA) is 216 Å². The van der Waals surface area contributed by atoms with Crippen molar-refractivity contribution in [3.05, 3.63) is 118 Å². The Kier molecular flexibility index (Phi) is 20.1. The summed E-state index contributed by atoms with van der Waals surface area (Å²) in [6, 6.07) is 24.1. The molecule has 4 aromatic heterocycles. The van der Waals surface area contributed by atoms with Gasteiger partial charge in [-0.25, -0.2) is 4.72 Å². The lowest BCUT2D eigenvalue weighted by molar-refractivity contribution is -0.148. The van der Waals surface area contributed by atoms with Crippen molar-refractivity contribution >= 4 is 141 Å². The molecule has 4 aliphatic heterocycles. The number of benzene rings is 4. The summed E-state index contributed by atoms with van der Waals surface area (Å²) in [7, 11) is -0.365. The van der Waals surface area contributed by atoms with Gasteiger partial charge in [-0.2, -0.15) is 12.7 Å². The first-order valence-corrected chi connectivity index (χ1v) is 31.3. The minimum absolute atomic E-state index is 0.0510. The number of H-pyrrole nitrogens is 4. The molecule has 4 aliphatic rings. The van der Waals surface area contributed by atoms with Crippen LogP contribution in [0.15, 0.2) is 97.6 Å². The van der Waals surface area contributed by atoms with E-state index in [1.165, 1.54) is 30.6 Å². The first-order valence-electron chi connectivity index (χ1n) is 28.4. The number of amides is 3. The van der Waals surface area contributed by atoms with Crippen LogP contribution in [0.4, 0.5) is 22.7 Å². The molecule has 8 heterocycles. The van der Waals surface area contributed by atoms with Gasteiger partial charge >= 0.3 is 0 Å². The standard InChI is InChI=1S/C16H20ClN3O2.C16H20ClN3O.C15H18ClN3O2.C13H17ClN4O2S/c1-16(2,22)15(21)20-7-5-19(6-8-20)14-10-11(17)9-13-12(14)3-4-18-13;1-10-8-19(9-11(2)20(10)12(3)21)16-7-13(17)6-15-14(16)4-5-18-15;1-21-10-15(20)19-6-4-18(5-7-19)14-9-11(16)8-13-12(14)2-3-17-13;1-15-21(19,20)18-6-4-17(5-7-18)13-9-10(14)8-12-11(13)2-3-16-12/h3-4,9-10,18,22H,5-8H2,1-2H3;4-7,10-11,18H,8-9H2,1-3H3;2-3,8-9,17H,4-7,10H2,1H3;2-3,8-9,15-16H,4-7H2,1H3/t;10-,11+;;. The van der Waals surface area contributed by atoms with Crippen molar-refractivity contribution in [1.82, 2.24) is 43.7 Å². The second kappa shape index (κ2) is 27.1. The number of rotatable bonds is 9. The zero-order valence-corrected chi connectivity index (χ0v) is 52.7. The summed E-state index contributed by atoms with van der Waals surface area (Å²) < 4.78 is 32.3. The fourth-order valence-electron chi connectivity index (χ4n) is 11.9. The Morgan fingerprint density at radius 1 is 0.565 bits per heavy atom. The van der Waals surface area contributed by atoms with Gasteiger partial charge in [-0.15, -0.1) is 0 Å². The number of carbonyl (C=O) groups excluding carboxylic acids is 3. The van der Waals surface area contributed by atoms with Crippen LogP contribution >= 0.6 is 46.4 Å². The van der Waals surface area contributed by atoms with Gasteiger partial charge in [0.2, 0.25) is 11.8 Å². The van der Waals surface area contributed by atoms with E-state index in [2.05, 4.69) is 70.2 Å². The molecule has 0 radical (unpaired) electrons. The van der Waals surface area contributed by atoms with Gasteiger partial charge in [0, 0.05) is 236 Å². The molecule has 4 aromatic carbocycles. The number of aliphatic hydroxyl groups is 1. The summed E-state index contributed by atoms with van der Waals surface area (Å²) in [5.74, 6) is -0.0207. The van der Waals surface area contributed by atoms with Gasteiger partial charge in [-0.1, -0.05) is 46.4 Å². The molecule has 6 N–H and O–H groups in total. The predicted molar refractivity (Wildman–Crippen MR) is 344 cm³/mol. The molecule has 2 atom stereocenters. The summed E-state index contributed by atoms with van der Waals surface area (Å²) in [6.07, 6.45) is 7.64. The monoisotopic (exact) mass is 1260 g/mol. The van der Waals surface area contributed by atoms with Gasteiger partial charge in [0.1, 0.15) is 12.2 Å². The lowest BCUT2D eigenvalue weighted by Crippen LogP contribution is -2.58. The third kappa shape index (κ3) is 14.7. The molecule has 0 unspecified atom stereocenters. The van der Waals surface area contributed by atoms with Crippen LogP contribution in [-0.4, -0.2) is 200 Å². The Morgan fingerprint density at radius 3 is 1.21 bits per heavy atom. The van der Waals surface area contributed by atoms with Gasteiger partial charge in [0.05, 0.1) is 0 Å². The van der Waals surface area contributed by atoms with E-state index >= 15 is 0 Å². The largest absolute Gasteiger partial charge is 0.381 e. The molecule has 8 aromatic rings. The van der Waals surface area contributed by atoms with E-state index < -0.39 is 15.8 Å². The number of hydrogen-bond donors (Lipinski definition) is 6. The van der Waals surface area contributed by atoms with E-state index in [4.69, 9.17) is 51.1 Å². The zero-order chi connectivity index (χ0) is 60.9. The van der Waals surface area contributed by atoms with Crippen LogP contribution in [0.5, 0.6) is 0 Å². The molecule has 0 saturated carbocycles. The Morgan fingerprint density at radius 2 is 0.894 bits per heavy atom. The van der Waals surface area contributed by atoms with E-state index in [1.54, 1.807) is 18.9 Å². The SMILES string of the molecule is CC(=O)N1[C@H](C)CN(c2cc(Cl)cc3[nH]ccc23)C[C@@H]1C.CC(C)(O)C(=O)N1CCN(c2cc(Cl)cc3[nH]ccc23)CC1.CNS(=O)(=O)N1CCN(c2cc(Cl)cc3[nH]ccc23)CC1.COCC(=O)N1CCN(c2cc(Cl)cc3[nH]ccc23)CC1. The first kappa shape index (κ1) is 63.1. The number of fused-ring (bicyclic) bond motifs is 4. The number of piperazine rings is 4. The summed E-state index contributed by atoms with van der Waals surface area (Å²) in [6.45, 7) is 18.6. The van der Waals surface area contributed by atoms with Gasteiger partial charge in [-0.05, 0) is 100 Å². The molecule has 12 rings (SSSR count). The molecule has 4 saturated heterocycles. The van der Waals surface area contributed by atoms with Crippen molar-refractivity contribution < 1.29 is 32.6 Å². The zero-order valence-electron chi connectivity index (χ0n) is 48.9. The van der Waals surface area contributed by atoms with Crippen LogP contribution in [0, 0.1) is 0 Å². The number of methoxy groups -OCH3 is 1. The van der Waals surface area contributed by atoms with E-state index in [9.17, 15) is 27.9 Å². The second-order valence-corrected chi connectivity index (χ2v) is 25.8. The summed E-state index contributed by atoms with van der Waals surface area (Å²) >= 11 is 24.8. The quantitative estimate of drug-likeness (QED) is 0.0802. The van der Waals surface area contributed by atoms with Gasteiger partial charge in [0.25, 0.3) is 16.1 Å². The lowest BCUT2D eigenvalue weighted by Gasteiger charge is -2.45. The normalized spacial score (nSPS) is 18.1. The van der Waals surface area contributed by atoms with Crippen molar-refractivity contribution in [2.24, 2.45) is 0 Å². The molecule has 0 bridgehead atoms. The fourth-order valence-corrected chi connectivity index (χ4v) is 13.6. The number of nitrogens with one attached hydrogen (secondary N) is 5. The van der Waals surface area contributed by atoms with Gasteiger partial charge < -0.3 is 64.1 Å². The molecule has 456 valence electrons. The number of carbonyl (C=O) groups is 3. The fraction of sp³-hybridized carbons (Fsp3) is 0.417. The van der Waals surface area contributed by atoms with Crippen LogP contribution in [-0.2, 0) is 29.3 Å². The van der Waals surface area contributed by atoms with Crippen molar-refractivity contribution in [2.45, 2.75) is 52.3 Å². The highest BCUT2D eigenvalue weighted by molar-refractivity contribution is 7.87. The van der Waals surface area contributed by atoms with Crippen LogP contribution in [0.3, 0.4) is 0 Å². The van der Waals surface area contributed by atoms with Crippen molar-refractivity contribution in [3.8, 4) is 0 Å². The Bertz CT molecular complexity index is 3730. The molecule has 4 fully saturated rings. The van der Waals surface area contributed by atoms with Gasteiger partial charge in [0.15, 0.2) is 0 Å². The molecule has 3 amide bonds. The molecule has 0 spiro atoms. The minimum Gasteiger partial charge on any atom is -0.381 e. The molecular formula is C60H75Cl4N13O7S. The van der Waals surface area contributed by atoms with Crippen molar-refractivity contribution in [2.75, 3.05) is 132 Å². The van der Waals surface area contributed by atoms with Crippen LogP contribution in [0.2, 0.25) is 20.1 Å². The number of nitrogens with zero attached hydrogens (tertiary/aromatic N) is 8. The summed E-state index contributed by atoms with van der Waals surface area (Å²) in [5, 5.41) is 17.2. The van der Waals surface area contributed by atoms with E-state index in [0.717, 1.165) is 110 Å². The maximum atomic E-state index is 12.1. The maximum absolute atomic E-state index is 12.1. The highest BCUT2D eigenvalue weighted by atomic mass is 35.5. The summed E-state index contributed by atoms with van der Waals surface area (Å²) in [5.41, 5.74) is 7.16. The third-order valence-electron chi connectivity index (χ3n) is 15.9. The molecule has 25 heteroatoms. The molecule has 20 nitrogen and oxygen atoms in total. The minimum atomic E-state index is -3.34. The van der Waals surface area contributed by atoms with Crippen LogP contribution < -0.4 is 24.3 Å². The predicted octanol–water partition coefficient (Wildman–Crippen LogP) is 9.03. The van der Waals surface area contributed by atoms with Crippen molar-refractivity contribution in [3.63, 3.8) is 0 Å². The Labute approximate surface area is 516 Å². The Hall–Kier alpha value is -6.40. The Balaban J connectivity index is 0.000000136. The first-order chi connectivity index (χ1) is 40.5. The van der Waals surface area contributed by atoms with Crippen LogP contribution in [0.25, 0.3) is 43.6 Å². The number of anilines is 4. The molecule has 85 heavy (non-hydrogen) atoms. The lowest BCUT2D eigenvalue weighted by atomic mass is 10.1. The number of aromatic nitrogens is 4. The molecule has 0 aliphatic carbocycles. The van der Waals surface area contributed by atoms with Crippen LogP contribution in [0.1, 0.15) is 34.6 Å². The second-order valence-electron chi connectivity index (χ2n) is 22.2. The number of ether oxygens (including phenoxy) is 1. The average Bonchev–Trinajstić information content (AvgIpc) is 3.78. The number of hydrogen-bond acceptors (Lipinski definition) is 11. The highest BCUT2D eigenvalue weighted by Gasteiger charge is 2.34. The number of aromatic amines is 4. The third-order valence-corrected chi connectivity index (χ3v) is 18.4. The van der Waals surface area contributed by atoms with E-state index in [0.29, 0.717) is 62.4 Å². The van der Waals surface area contributed by atoms with E-state index in [-0.39, 0.29) is 36.4 Å². The smallest absolute Gasteiger partial charge is 0.279 e. The maximum Gasteiger partial charge on any atom is 0.279 e. The van der Waals surface area contributed by atoms with Gasteiger partial charge in [-0.3, -0.25) is 14.4 Å². The molecular weight excluding hydrogens is 1190 g/mol. The van der Waals surface area contributed by atoms with E-state index in [1.807, 2.05) is 95.3 Å². The summed E-state index contributed by atoms with van der Waals surface area (Å²) in [4.78, 5) is 63.0. The average molecular weight is 1260 g/mol.